The molecule has 3 amide bonds. The van der Waals surface area contributed by atoms with E-state index in [0.717, 1.165) is 0 Å². The van der Waals surface area contributed by atoms with Crippen LogP contribution in [0.2, 0.25) is 0 Å². The Morgan fingerprint density at radius 3 is 2.32 bits per heavy atom. The Balaban J connectivity index is 2.19. The van der Waals surface area contributed by atoms with Gasteiger partial charge in [-0.1, -0.05) is 19.1 Å². The Kier molecular flexibility index (Phi) is 6.76. The molecule has 0 bridgehead atoms. The van der Waals surface area contributed by atoms with E-state index in [1.807, 2.05) is 20.8 Å². The molecule has 0 aliphatic carbocycles. The van der Waals surface area contributed by atoms with Crippen LogP contribution in [0.1, 0.15) is 36.7 Å². The summed E-state index contributed by atoms with van der Waals surface area (Å²) >= 11 is 0. The van der Waals surface area contributed by atoms with Crippen molar-refractivity contribution in [3.63, 3.8) is 0 Å². The van der Waals surface area contributed by atoms with Crippen LogP contribution in [0.5, 0.6) is 0 Å². The number of sulfonamides is 1. The van der Waals surface area contributed by atoms with E-state index in [1.54, 1.807) is 30.3 Å². The predicted molar refractivity (Wildman–Crippen MR) is 109 cm³/mol. The first-order chi connectivity index (χ1) is 13.1. The fourth-order valence-corrected chi connectivity index (χ4v) is 3.43. The van der Waals surface area contributed by atoms with Gasteiger partial charge in [0.25, 0.3) is 5.91 Å². The number of amides is 3. The summed E-state index contributed by atoms with van der Waals surface area (Å²) in [5.41, 5.74) is 1.64. The van der Waals surface area contributed by atoms with Gasteiger partial charge in [0.1, 0.15) is 0 Å². The molecule has 2 aromatic carbocycles. The van der Waals surface area contributed by atoms with E-state index < -0.39 is 15.9 Å². The molecule has 150 valence electrons. The molecule has 0 heterocycles. The van der Waals surface area contributed by atoms with E-state index in [9.17, 15) is 18.0 Å². The van der Waals surface area contributed by atoms with Crippen LogP contribution in [0, 0.1) is 0 Å². The lowest BCUT2D eigenvalue weighted by atomic mass is 10.1. The number of hydrogen-bond donors (Lipinski definition) is 4. The normalized spacial score (nSPS) is 11.2. The number of nitrogens with two attached hydrogens (primary N) is 1. The molecule has 2 aromatic rings. The number of anilines is 2. The average Bonchev–Trinajstić information content (AvgIpc) is 2.60. The molecule has 9 heteroatoms. The minimum Gasteiger partial charge on any atom is -0.336 e. The monoisotopic (exact) mass is 404 g/mol. The van der Waals surface area contributed by atoms with E-state index in [0.29, 0.717) is 28.9 Å². The number of benzene rings is 2. The molecule has 0 saturated carbocycles. The third kappa shape index (κ3) is 5.80. The van der Waals surface area contributed by atoms with Gasteiger partial charge in [-0.2, -0.15) is 0 Å². The fourth-order valence-electron chi connectivity index (χ4n) is 2.56. The second-order valence-corrected chi connectivity index (χ2v) is 8.04. The zero-order chi connectivity index (χ0) is 20.9. The summed E-state index contributed by atoms with van der Waals surface area (Å²) in [5.74, 6) is -0.447. The lowest BCUT2D eigenvalue weighted by molar-refractivity contribution is 0.102. The first-order valence-electron chi connectivity index (χ1n) is 8.74. The lowest BCUT2D eigenvalue weighted by Gasteiger charge is -2.12. The van der Waals surface area contributed by atoms with Crippen molar-refractivity contribution in [3.05, 3.63) is 53.6 Å². The topological polar surface area (TPSA) is 130 Å². The summed E-state index contributed by atoms with van der Waals surface area (Å²) in [4.78, 5) is 24.3. The summed E-state index contributed by atoms with van der Waals surface area (Å²) in [5, 5.41) is 13.2. The minimum atomic E-state index is -3.90. The average molecular weight is 404 g/mol. The van der Waals surface area contributed by atoms with Crippen LogP contribution in [-0.4, -0.2) is 26.4 Å². The number of nitrogens with one attached hydrogen (secondary N) is 3. The van der Waals surface area contributed by atoms with Crippen LogP contribution < -0.4 is 21.1 Å². The van der Waals surface area contributed by atoms with Crippen LogP contribution in [0.15, 0.2) is 47.4 Å². The van der Waals surface area contributed by atoms with Gasteiger partial charge < -0.3 is 16.0 Å². The van der Waals surface area contributed by atoms with Crippen molar-refractivity contribution in [2.24, 2.45) is 5.14 Å². The molecular weight excluding hydrogens is 380 g/mol. The second-order valence-electron chi connectivity index (χ2n) is 6.51. The maximum absolute atomic E-state index is 12.5. The molecule has 8 nitrogen and oxygen atoms in total. The van der Waals surface area contributed by atoms with Crippen LogP contribution >= 0.6 is 0 Å². The van der Waals surface area contributed by atoms with Crippen LogP contribution in [0.3, 0.4) is 0 Å². The molecule has 2 rings (SSSR count). The van der Waals surface area contributed by atoms with Gasteiger partial charge in [0.05, 0.1) is 4.90 Å². The first kappa shape index (κ1) is 21.4. The van der Waals surface area contributed by atoms with E-state index in [1.165, 1.54) is 12.1 Å². The molecule has 28 heavy (non-hydrogen) atoms. The third-order valence-electron chi connectivity index (χ3n) is 3.81. The second kappa shape index (κ2) is 8.85. The molecule has 0 aromatic heterocycles. The first-order valence-corrected chi connectivity index (χ1v) is 10.3. The fraction of sp³-hybridized carbons (Fsp3) is 0.263. The molecule has 0 aliphatic heterocycles. The Hall–Kier alpha value is -2.91. The van der Waals surface area contributed by atoms with E-state index in [2.05, 4.69) is 16.0 Å². The number of carbonyl (C=O) groups excluding carboxylic acids is 2. The predicted octanol–water partition coefficient (Wildman–Crippen LogP) is 2.68. The van der Waals surface area contributed by atoms with E-state index in [4.69, 9.17) is 5.14 Å². The third-order valence-corrected chi connectivity index (χ3v) is 4.81. The van der Waals surface area contributed by atoms with Crippen LogP contribution in [0.4, 0.5) is 16.2 Å². The largest absolute Gasteiger partial charge is 0.336 e. The van der Waals surface area contributed by atoms with Crippen LogP contribution in [0.25, 0.3) is 0 Å². The van der Waals surface area contributed by atoms with E-state index in [-0.39, 0.29) is 17.0 Å². The summed E-state index contributed by atoms with van der Waals surface area (Å²) in [6.07, 6.45) is 0.492. The van der Waals surface area contributed by atoms with Gasteiger partial charge in [0.15, 0.2) is 0 Å². The summed E-state index contributed by atoms with van der Waals surface area (Å²) in [6.45, 7) is 5.49. The number of aryl methyl sites for hydroxylation is 1. The van der Waals surface area contributed by atoms with Gasteiger partial charge >= 0.3 is 6.03 Å². The number of rotatable bonds is 6. The number of hydrogen-bond acceptors (Lipinski definition) is 4. The molecule has 0 fully saturated rings. The summed E-state index contributed by atoms with van der Waals surface area (Å²) in [6, 6.07) is 10.6. The Bertz CT molecular complexity index is 987. The highest BCUT2D eigenvalue weighted by molar-refractivity contribution is 7.89. The van der Waals surface area contributed by atoms with Crippen molar-refractivity contribution in [1.29, 1.82) is 0 Å². The molecule has 0 spiro atoms. The van der Waals surface area contributed by atoms with E-state index >= 15 is 0 Å². The summed E-state index contributed by atoms with van der Waals surface area (Å²) in [7, 11) is -3.90. The molecule has 0 aliphatic rings. The van der Waals surface area contributed by atoms with Crippen molar-refractivity contribution < 1.29 is 18.0 Å². The van der Waals surface area contributed by atoms with Crippen molar-refractivity contribution >= 4 is 33.3 Å². The smallest absolute Gasteiger partial charge is 0.319 e. The maximum Gasteiger partial charge on any atom is 0.319 e. The van der Waals surface area contributed by atoms with Gasteiger partial charge in [-0.05, 0) is 56.2 Å². The minimum absolute atomic E-state index is 0.0198. The Morgan fingerprint density at radius 2 is 1.71 bits per heavy atom. The highest BCUT2D eigenvalue weighted by Crippen LogP contribution is 2.21. The van der Waals surface area contributed by atoms with Crippen molar-refractivity contribution in [2.45, 2.75) is 38.1 Å². The van der Waals surface area contributed by atoms with Gasteiger partial charge in [0, 0.05) is 23.0 Å². The van der Waals surface area contributed by atoms with Crippen molar-refractivity contribution in [1.82, 2.24) is 5.32 Å². The molecule has 0 radical (unpaired) electrons. The standard InChI is InChI=1S/C19H24N4O4S/c1-4-13-8-9-16(11-17(13)28(20,26)27)22-18(24)14-6-5-7-15(10-14)23-19(25)21-12(2)3/h5-12H,4H2,1-3H3,(H,22,24)(H2,20,26,27)(H2,21,23,25). The number of primary sulfonamides is 1. The SMILES string of the molecule is CCc1ccc(NC(=O)c2cccc(NC(=O)NC(C)C)c2)cc1S(N)(=O)=O. The number of urea groups is 1. The summed E-state index contributed by atoms with van der Waals surface area (Å²) < 4.78 is 23.5. The maximum atomic E-state index is 12.5. The van der Waals surface area contributed by atoms with Gasteiger partial charge in [-0.15, -0.1) is 0 Å². The zero-order valence-corrected chi connectivity index (χ0v) is 16.8. The zero-order valence-electron chi connectivity index (χ0n) is 15.9. The van der Waals surface area contributed by atoms with Crippen molar-refractivity contribution in [3.8, 4) is 0 Å². The van der Waals surface area contributed by atoms with Gasteiger partial charge in [-0.3, -0.25) is 4.79 Å². The molecular formula is C19H24N4O4S. The molecule has 0 atom stereocenters. The van der Waals surface area contributed by atoms with Crippen molar-refractivity contribution in [2.75, 3.05) is 10.6 Å². The highest BCUT2D eigenvalue weighted by Gasteiger charge is 2.15. The van der Waals surface area contributed by atoms with Gasteiger partial charge in [0.2, 0.25) is 10.0 Å². The Morgan fingerprint density at radius 1 is 1.04 bits per heavy atom. The highest BCUT2D eigenvalue weighted by atomic mass is 32.2. The molecule has 0 unspecified atom stereocenters. The molecule has 5 N–H and O–H groups in total. The van der Waals surface area contributed by atoms with Crippen LogP contribution in [-0.2, 0) is 16.4 Å². The molecule has 0 saturated heterocycles. The quantitative estimate of drug-likeness (QED) is 0.589. The Labute approximate surface area is 164 Å². The van der Waals surface area contributed by atoms with Gasteiger partial charge in [-0.25, -0.2) is 18.4 Å². The number of carbonyl (C=O) groups is 2. The lowest BCUT2D eigenvalue weighted by Crippen LogP contribution is -2.34.